The summed E-state index contributed by atoms with van der Waals surface area (Å²) < 4.78 is 7.48. The molecule has 0 amide bonds. The van der Waals surface area contributed by atoms with E-state index in [1.807, 2.05) is 10.9 Å². The van der Waals surface area contributed by atoms with Crippen LogP contribution in [0, 0.1) is 0 Å². The van der Waals surface area contributed by atoms with Crippen LogP contribution in [-0.4, -0.2) is 51.2 Å². The van der Waals surface area contributed by atoms with Crippen molar-refractivity contribution in [2.75, 3.05) is 31.3 Å². The highest BCUT2D eigenvalue weighted by Gasteiger charge is 2.16. The van der Waals surface area contributed by atoms with Crippen LogP contribution in [0.2, 0.25) is 0 Å². The highest BCUT2D eigenvalue weighted by atomic mass is 16.5. The van der Waals surface area contributed by atoms with Crippen LogP contribution in [0.1, 0.15) is 57.2 Å². The molecule has 0 aliphatic heterocycles. The van der Waals surface area contributed by atoms with Gasteiger partial charge in [0.05, 0.1) is 32.5 Å². The van der Waals surface area contributed by atoms with Crippen molar-refractivity contribution in [2.24, 2.45) is 0 Å². The molecule has 2 atom stereocenters. The standard InChI is InChI=1S/C23H35N7O2/c1-5-7-18(14-31)26-22-21-19(27-23(24)28-22)13-30(29-21)12-17-9-8-16(11-20(17)32-4)15(3)25-10-6-2/h8-9,11,13,15,18,25,31H,5-7,10,12,14H2,1-4H3,(H3,24,26,27,28)/t15-,18+/m1/s1. The largest absolute Gasteiger partial charge is 0.496 e. The minimum Gasteiger partial charge on any atom is -0.496 e. The zero-order valence-corrected chi connectivity index (χ0v) is 19.4. The third-order valence-corrected chi connectivity index (χ3v) is 5.47. The summed E-state index contributed by atoms with van der Waals surface area (Å²) in [5.74, 6) is 1.53. The molecule has 3 rings (SSSR count). The van der Waals surface area contributed by atoms with E-state index < -0.39 is 0 Å². The first kappa shape index (κ1) is 23.7. The molecule has 0 bridgehead atoms. The van der Waals surface area contributed by atoms with E-state index in [9.17, 15) is 5.11 Å². The molecule has 174 valence electrons. The topological polar surface area (TPSA) is 123 Å². The van der Waals surface area contributed by atoms with Gasteiger partial charge in [-0.05, 0) is 37.9 Å². The Morgan fingerprint density at radius 2 is 2.03 bits per heavy atom. The van der Waals surface area contributed by atoms with E-state index in [-0.39, 0.29) is 24.6 Å². The minimum absolute atomic E-state index is 0.00896. The van der Waals surface area contributed by atoms with Crippen LogP contribution < -0.4 is 21.1 Å². The van der Waals surface area contributed by atoms with Gasteiger partial charge in [-0.3, -0.25) is 4.68 Å². The molecule has 0 fully saturated rings. The first-order valence-corrected chi connectivity index (χ1v) is 11.3. The predicted molar refractivity (Wildman–Crippen MR) is 128 cm³/mol. The van der Waals surface area contributed by atoms with Crippen molar-refractivity contribution in [1.82, 2.24) is 25.1 Å². The lowest BCUT2D eigenvalue weighted by Gasteiger charge is -2.17. The van der Waals surface area contributed by atoms with Crippen molar-refractivity contribution in [2.45, 2.75) is 58.7 Å². The van der Waals surface area contributed by atoms with Crippen LogP contribution in [-0.2, 0) is 6.54 Å². The van der Waals surface area contributed by atoms with Gasteiger partial charge in [0.2, 0.25) is 5.95 Å². The van der Waals surface area contributed by atoms with Gasteiger partial charge in [0.15, 0.2) is 11.3 Å². The van der Waals surface area contributed by atoms with Crippen LogP contribution in [0.15, 0.2) is 24.4 Å². The summed E-state index contributed by atoms with van der Waals surface area (Å²) in [4.78, 5) is 8.65. The molecule has 9 nitrogen and oxygen atoms in total. The molecular weight excluding hydrogens is 406 g/mol. The van der Waals surface area contributed by atoms with E-state index in [0.717, 1.165) is 37.1 Å². The molecule has 32 heavy (non-hydrogen) atoms. The molecule has 2 heterocycles. The van der Waals surface area contributed by atoms with Gasteiger partial charge in [-0.1, -0.05) is 32.4 Å². The number of benzene rings is 1. The van der Waals surface area contributed by atoms with Crippen LogP contribution in [0.25, 0.3) is 11.0 Å². The van der Waals surface area contributed by atoms with E-state index >= 15 is 0 Å². The Balaban J connectivity index is 1.86. The molecule has 0 spiro atoms. The average Bonchev–Trinajstić information content (AvgIpc) is 3.19. The maximum Gasteiger partial charge on any atom is 0.222 e. The maximum atomic E-state index is 9.65. The van der Waals surface area contributed by atoms with E-state index in [1.165, 1.54) is 5.56 Å². The van der Waals surface area contributed by atoms with Gasteiger partial charge >= 0.3 is 0 Å². The van der Waals surface area contributed by atoms with Crippen molar-refractivity contribution in [3.63, 3.8) is 0 Å². The fraction of sp³-hybridized carbons (Fsp3) is 0.522. The number of hydrogen-bond acceptors (Lipinski definition) is 8. The van der Waals surface area contributed by atoms with Crippen molar-refractivity contribution < 1.29 is 9.84 Å². The molecule has 0 unspecified atom stereocenters. The number of rotatable bonds is 12. The highest BCUT2D eigenvalue weighted by Crippen LogP contribution is 2.26. The summed E-state index contributed by atoms with van der Waals surface area (Å²) >= 11 is 0. The van der Waals surface area contributed by atoms with E-state index in [1.54, 1.807) is 7.11 Å². The van der Waals surface area contributed by atoms with Crippen molar-refractivity contribution in [3.05, 3.63) is 35.5 Å². The zero-order chi connectivity index (χ0) is 23.1. The maximum absolute atomic E-state index is 9.65. The predicted octanol–water partition coefficient (Wildman–Crippen LogP) is 3.10. The number of anilines is 2. The number of hydrogen-bond donors (Lipinski definition) is 4. The summed E-state index contributed by atoms with van der Waals surface area (Å²) in [6, 6.07) is 6.41. The Bertz CT molecular complexity index is 1020. The van der Waals surface area contributed by atoms with Gasteiger partial charge in [-0.2, -0.15) is 10.1 Å². The molecule has 0 saturated heterocycles. The van der Waals surface area contributed by atoms with Crippen molar-refractivity contribution in [3.8, 4) is 5.75 Å². The summed E-state index contributed by atoms with van der Waals surface area (Å²) in [6.45, 7) is 7.89. The summed E-state index contributed by atoms with van der Waals surface area (Å²) in [6.07, 6.45) is 4.70. The lowest BCUT2D eigenvalue weighted by Crippen LogP contribution is -2.24. The quantitative estimate of drug-likeness (QED) is 0.338. The van der Waals surface area contributed by atoms with E-state index in [4.69, 9.17) is 15.6 Å². The Morgan fingerprint density at radius 3 is 2.72 bits per heavy atom. The van der Waals surface area contributed by atoms with Crippen LogP contribution in [0.4, 0.5) is 11.8 Å². The zero-order valence-electron chi connectivity index (χ0n) is 19.4. The Labute approximate surface area is 189 Å². The third kappa shape index (κ3) is 5.66. The van der Waals surface area contributed by atoms with Gasteiger partial charge in [0.25, 0.3) is 0 Å². The monoisotopic (exact) mass is 441 g/mol. The van der Waals surface area contributed by atoms with Crippen LogP contribution in [0.3, 0.4) is 0 Å². The number of nitrogens with zero attached hydrogens (tertiary/aromatic N) is 4. The molecule has 0 saturated carbocycles. The number of methoxy groups -OCH3 is 1. The fourth-order valence-electron chi connectivity index (χ4n) is 3.72. The smallest absolute Gasteiger partial charge is 0.222 e. The summed E-state index contributed by atoms with van der Waals surface area (Å²) in [5, 5.41) is 21.1. The first-order valence-electron chi connectivity index (χ1n) is 11.3. The second kappa shape index (κ2) is 11.1. The second-order valence-corrected chi connectivity index (χ2v) is 8.05. The molecule has 3 aromatic rings. The number of nitrogens with two attached hydrogens (primary N) is 1. The molecule has 2 aromatic heterocycles. The Morgan fingerprint density at radius 1 is 1.22 bits per heavy atom. The fourth-order valence-corrected chi connectivity index (χ4v) is 3.72. The highest BCUT2D eigenvalue weighted by molar-refractivity contribution is 5.85. The molecule has 0 aliphatic rings. The number of nitrogen functional groups attached to an aromatic ring is 1. The lowest BCUT2D eigenvalue weighted by molar-refractivity contribution is 0.268. The normalized spacial score (nSPS) is 13.3. The van der Waals surface area contributed by atoms with Gasteiger partial charge in [-0.15, -0.1) is 0 Å². The van der Waals surface area contributed by atoms with Crippen LogP contribution in [0.5, 0.6) is 5.75 Å². The SMILES string of the molecule is CCCN[C@H](C)c1ccc(Cn2cc3nc(N)nc(N[C@H](CO)CCC)c3n2)c(OC)c1. The van der Waals surface area contributed by atoms with Crippen LogP contribution >= 0.6 is 0 Å². The number of aliphatic hydroxyl groups is 1. The van der Waals surface area contributed by atoms with E-state index in [2.05, 4.69) is 59.6 Å². The average molecular weight is 442 g/mol. The van der Waals surface area contributed by atoms with Gasteiger partial charge < -0.3 is 26.2 Å². The number of nitrogens with one attached hydrogen (secondary N) is 2. The number of ether oxygens (including phenoxy) is 1. The molecule has 1 aromatic carbocycles. The number of fused-ring (bicyclic) bond motifs is 1. The van der Waals surface area contributed by atoms with Crippen molar-refractivity contribution in [1.29, 1.82) is 0 Å². The Hall–Kier alpha value is -2.91. The number of aromatic nitrogens is 4. The first-order chi connectivity index (χ1) is 15.5. The Kier molecular flexibility index (Phi) is 8.24. The minimum atomic E-state index is -0.112. The second-order valence-electron chi connectivity index (χ2n) is 8.05. The lowest BCUT2D eigenvalue weighted by atomic mass is 10.0. The molecule has 9 heteroatoms. The third-order valence-electron chi connectivity index (χ3n) is 5.47. The molecule has 0 aliphatic carbocycles. The van der Waals surface area contributed by atoms with Gasteiger partial charge in [0, 0.05) is 11.6 Å². The number of aliphatic hydroxyl groups excluding tert-OH is 1. The molecule has 0 radical (unpaired) electrons. The van der Waals surface area contributed by atoms with E-state index in [0.29, 0.717) is 23.4 Å². The summed E-state index contributed by atoms with van der Waals surface area (Å²) in [5.41, 5.74) is 9.39. The van der Waals surface area contributed by atoms with Gasteiger partial charge in [0.1, 0.15) is 11.3 Å². The molecular formula is C23H35N7O2. The molecule has 5 N–H and O–H groups in total. The van der Waals surface area contributed by atoms with Gasteiger partial charge in [-0.25, -0.2) is 4.98 Å². The summed E-state index contributed by atoms with van der Waals surface area (Å²) in [7, 11) is 1.68. The van der Waals surface area contributed by atoms with Crippen molar-refractivity contribution >= 4 is 22.8 Å².